The summed E-state index contributed by atoms with van der Waals surface area (Å²) >= 11 is 0. The Morgan fingerprint density at radius 1 is 0.893 bits per heavy atom. The zero-order valence-corrected chi connectivity index (χ0v) is 34.6. The summed E-state index contributed by atoms with van der Waals surface area (Å²) in [6, 6.07) is -0.775. The number of nitrogens with zero attached hydrogens (tertiary/aromatic N) is 1. The SMILES string of the molecule is CC[C@H]1OC(=O)C[C@@H](O)[C@H](C)[C@@H](O[C@@H]2O[C@H](C)[C@@H](O)[C@H](N(C)C)[C@H]2O)[C@@H](CC=O)C[C@@H](C)C(=O)CCC(C)(O)C(O)[C@@H]1CO[C@@H]1O[C@H](C)[C@@H](O)[C@@H](OC)[C@H]1OC. The third kappa shape index (κ3) is 11.7. The number of cyclic esters (lactones) is 1. The topological polar surface area (TPSA) is 240 Å². The quantitative estimate of drug-likeness (QED) is 0.119. The lowest BCUT2D eigenvalue weighted by Gasteiger charge is -2.46. The number of methoxy groups -OCH3 is 2. The fourth-order valence-corrected chi connectivity index (χ4v) is 8.37. The number of aliphatic hydroxyl groups is 6. The molecule has 6 N–H and O–H groups in total. The van der Waals surface area contributed by atoms with Crippen LogP contribution in [0, 0.1) is 23.7 Å². The summed E-state index contributed by atoms with van der Waals surface area (Å²) in [5.41, 5.74) is -1.88. The van der Waals surface area contributed by atoms with E-state index in [1.165, 1.54) is 21.1 Å². The Balaban J connectivity index is 1.98. The maximum absolute atomic E-state index is 13.7. The molecule has 0 amide bonds. The molecule has 17 heteroatoms. The van der Waals surface area contributed by atoms with Crippen LogP contribution in [0.5, 0.6) is 0 Å². The van der Waals surface area contributed by atoms with Gasteiger partial charge in [-0.3, -0.25) is 9.59 Å². The number of aldehydes is 1. The highest BCUT2D eigenvalue weighted by Gasteiger charge is 2.49. The molecule has 0 aliphatic carbocycles. The van der Waals surface area contributed by atoms with Gasteiger partial charge in [0.2, 0.25) is 0 Å². The Hall–Kier alpha value is -1.71. The van der Waals surface area contributed by atoms with Crippen molar-refractivity contribution in [3.63, 3.8) is 0 Å². The Labute approximate surface area is 330 Å². The van der Waals surface area contributed by atoms with Crippen LogP contribution in [-0.4, -0.2) is 180 Å². The van der Waals surface area contributed by atoms with Crippen LogP contribution in [0.4, 0.5) is 0 Å². The number of ether oxygens (including phenoxy) is 7. The number of carbonyl (C=O) groups excluding carboxylic acids is 3. The van der Waals surface area contributed by atoms with Gasteiger partial charge in [0.25, 0.3) is 0 Å². The van der Waals surface area contributed by atoms with Crippen molar-refractivity contribution < 1.29 is 78.2 Å². The minimum atomic E-state index is -1.88. The van der Waals surface area contributed by atoms with E-state index in [1.54, 1.807) is 53.6 Å². The first-order valence-electron chi connectivity index (χ1n) is 19.8. The summed E-state index contributed by atoms with van der Waals surface area (Å²) in [7, 11) is 6.20. The second-order valence-corrected chi connectivity index (χ2v) is 16.5. The lowest BCUT2D eigenvalue weighted by molar-refractivity contribution is -0.307. The van der Waals surface area contributed by atoms with E-state index >= 15 is 0 Å². The first-order chi connectivity index (χ1) is 26.2. The molecule has 0 aromatic carbocycles. The molecule has 3 aliphatic heterocycles. The minimum Gasteiger partial charge on any atom is -0.462 e. The molecule has 3 aliphatic rings. The molecule has 2 unspecified atom stereocenters. The zero-order chi connectivity index (χ0) is 42.2. The molecule has 56 heavy (non-hydrogen) atoms. The summed E-state index contributed by atoms with van der Waals surface area (Å²) in [4.78, 5) is 41.0. The van der Waals surface area contributed by atoms with Crippen LogP contribution in [0.25, 0.3) is 0 Å². The lowest BCUT2D eigenvalue weighted by Crippen LogP contribution is -2.63. The molecular weight excluding hydrogens is 738 g/mol. The summed E-state index contributed by atoms with van der Waals surface area (Å²) in [5.74, 6) is -4.38. The molecule has 3 rings (SSSR count). The number of esters is 1. The van der Waals surface area contributed by atoms with Gasteiger partial charge < -0.3 is 73.5 Å². The van der Waals surface area contributed by atoms with E-state index in [1.807, 2.05) is 0 Å². The number of aliphatic hydroxyl groups excluding tert-OH is 5. The molecule has 3 fully saturated rings. The fourth-order valence-electron chi connectivity index (χ4n) is 8.37. The average molecular weight is 808 g/mol. The predicted octanol–water partition coefficient (Wildman–Crippen LogP) is -0.0480. The number of carbonyl (C=O) groups is 3. The standard InChI is InChI=1S/C39H69NO16/c1-11-27-24(18-52-38-35(51-10)34(50-9)31(46)22(5)54-38)36(48)39(6,49)14-12-25(42)19(2)16-23(13-15-41)33(20(3)26(43)17-28(44)55-27)56-37-32(47)29(40(7)8)30(45)21(4)53-37/h15,19-24,26-27,29-38,43,45-49H,11-14,16-18H2,1-10H3/t19-,20+,21-,22-,23+,24-,26-,27-,29+,30-,31-,32-,33-,34-,35-,36?,37+,38-,39?/m1/s1. The lowest BCUT2D eigenvalue weighted by atomic mass is 9.77. The van der Waals surface area contributed by atoms with Gasteiger partial charge in [-0.1, -0.05) is 20.8 Å². The number of hydrogen-bond acceptors (Lipinski definition) is 17. The summed E-state index contributed by atoms with van der Waals surface area (Å²) in [6.45, 7) is 9.36. The number of likely N-dealkylation sites (N-methyl/N-ethyl adjacent to an activating group) is 1. The van der Waals surface area contributed by atoms with E-state index in [2.05, 4.69) is 0 Å². The molecule has 19 atom stereocenters. The van der Waals surface area contributed by atoms with Crippen molar-refractivity contribution >= 4 is 18.0 Å². The highest BCUT2D eigenvalue weighted by molar-refractivity contribution is 5.80. The van der Waals surface area contributed by atoms with Crippen LogP contribution in [0.1, 0.15) is 80.1 Å². The molecule has 0 radical (unpaired) electrons. The highest BCUT2D eigenvalue weighted by atomic mass is 16.7. The third-order valence-electron chi connectivity index (χ3n) is 12.1. The number of Topliss-reactive ketones (excluding diaryl/α,β-unsaturated/α-hetero) is 1. The highest BCUT2D eigenvalue weighted by Crippen LogP contribution is 2.36. The Morgan fingerprint density at radius 2 is 1.50 bits per heavy atom. The normalized spacial score (nSPS) is 45.4. The van der Waals surface area contributed by atoms with Gasteiger partial charge in [-0.05, 0) is 60.0 Å². The first kappa shape index (κ1) is 48.7. The van der Waals surface area contributed by atoms with Crippen molar-refractivity contribution in [1.82, 2.24) is 4.90 Å². The molecule has 326 valence electrons. The Kier molecular flexibility index (Phi) is 18.7. The molecule has 0 saturated carbocycles. The molecular formula is C39H69NO16. The first-order valence-corrected chi connectivity index (χ1v) is 19.8. The van der Waals surface area contributed by atoms with E-state index in [0.717, 1.165) is 0 Å². The Morgan fingerprint density at radius 3 is 2.07 bits per heavy atom. The molecule has 0 aromatic rings. The van der Waals surface area contributed by atoms with E-state index in [-0.39, 0.29) is 44.5 Å². The third-order valence-corrected chi connectivity index (χ3v) is 12.1. The van der Waals surface area contributed by atoms with E-state index in [4.69, 9.17) is 33.2 Å². The van der Waals surface area contributed by atoms with Gasteiger partial charge in [0, 0.05) is 44.8 Å². The minimum absolute atomic E-state index is 0.0879. The van der Waals surface area contributed by atoms with Crippen molar-refractivity contribution in [3.8, 4) is 0 Å². The smallest absolute Gasteiger partial charge is 0.308 e. The van der Waals surface area contributed by atoms with Crippen molar-refractivity contribution in [2.75, 3.05) is 34.9 Å². The van der Waals surface area contributed by atoms with Gasteiger partial charge in [0.1, 0.15) is 42.6 Å². The van der Waals surface area contributed by atoms with Crippen molar-refractivity contribution in [1.29, 1.82) is 0 Å². The van der Waals surface area contributed by atoms with Gasteiger partial charge in [0.05, 0.1) is 61.3 Å². The van der Waals surface area contributed by atoms with Gasteiger partial charge in [-0.15, -0.1) is 0 Å². The van der Waals surface area contributed by atoms with E-state index < -0.39 is 127 Å². The van der Waals surface area contributed by atoms with Crippen LogP contribution in [-0.2, 0) is 47.5 Å². The van der Waals surface area contributed by atoms with Crippen molar-refractivity contribution in [3.05, 3.63) is 0 Å². The predicted molar refractivity (Wildman–Crippen MR) is 199 cm³/mol. The average Bonchev–Trinajstić information content (AvgIpc) is 3.14. The largest absolute Gasteiger partial charge is 0.462 e. The summed E-state index contributed by atoms with van der Waals surface area (Å²) < 4.78 is 41.3. The van der Waals surface area contributed by atoms with Gasteiger partial charge in [0.15, 0.2) is 12.6 Å². The van der Waals surface area contributed by atoms with Crippen LogP contribution in [0.3, 0.4) is 0 Å². The van der Waals surface area contributed by atoms with E-state index in [9.17, 15) is 45.0 Å². The maximum atomic E-state index is 13.7. The van der Waals surface area contributed by atoms with E-state index in [0.29, 0.717) is 6.29 Å². The summed E-state index contributed by atoms with van der Waals surface area (Å²) in [6.07, 6.45) is -14.0. The number of hydrogen-bond donors (Lipinski definition) is 6. The van der Waals surface area contributed by atoms with Gasteiger partial charge in [-0.25, -0.2) is 0 Å². The van der Waals surface area contributed by atoms with Gasteiger partial charge >= 0.3 is 5.97 Å². The second kappa shape index (κ2) is 21.5. The maximum Gasteiger partial charge on any atom is 0.308 e. The molecule has 17 nitrogen and oxygen atoms in total. The van der Waals surface area contributed by atoms with Crippen molar-refractivity contribution in [2.24, 2.45) is 23.7 Å². The fraction of sp³-hybridized carbons (Fsp3) is 0.923. The second-order valence-electron chi connectivity index (χ2n) is 16.5. The molecule has 0 aromatic heterocycles. The van der Waals surface area contributed by atoms with Crippen LogP contribution < -0.4 is 0 Å². The Bertz CT molecular complexity index is 1240. The zero-order valence-electron chi connectivity index (χ0n) is 34.6. The molecule has 0 spiro atoms. The number of rotatable bonds is 11. The molecule has 3 saturated heterocycles. The number of ketones is 1. The van der Waals surface area contributed by atoms with Crippen LogP contribution in [0.15, 0.2) is 0 Å². The molecule has 0 bridgehead atoms. The van der Waals surface area contributed by atoms with Crippen LogP contribution in [0.2, 0.25) is 0 Å². The monoisotopic (exact) mass is 807 g/mol. The van der Waals surface area contributed by atoms with Gasteiger partial charge in [-0.2, -0.15) is 0 Å². The van der Waals surface area contributed by atoms with Crippen LogP contribution >= 0.6 is 0 Å². The molecule has 3 heterocycles. The summed E-state index contributed by atoms with van der Waals surface area (Å²) in [5, 5.41) is 67.8. The van der Waals surface area contributed by atoms with Crippen molar-refractivity contribution in [2.45, 2.75) is 171 Å².